The summed E-state index contributed by atoms with van der Waals surface area (Å²) in [4.78, 5) is 10.7. The number of amides is 1. The van der Waals surface area contributed by atoms with Gasteiger partial charge in [0, 0.05) is 6.42 Å². The van der Waals surface area contributed by atoms with Gasteiger partial charge < -0.3 is 10.4 Å². The van der Waals surface area contributed by atoms with Crippen LogP contribution < -0.4 is 5.32 Å². The van der Waals surface area contributed by atoms with Crippen molar-refractivity contribution in [2.45, 2.75) is 32.9 Å². The van der Waals surface area contributed by atoms with E-state index in [1.165, 1.54) is 13.3 Å². The minimum Gasteiger partial charge on any atom is -0.374 e. The summed E-state index contributed by atoms with van der Waals surface area (Å²) in [6, 6.07) is 0. The first-order chi connectivity index (χ1) is 4.66. The Bertz CT molecular complexity index is 102. The Hall–Kier alpha value is -0.570. The molecule has 2 N–H and O–H groups in total. The molecule has 0 aromatic heterocycles. The molecule has 0 aliphatic rings. The molecule has 1 radical (unpaired) electrons. The molecule has 59 valence electrons. The Morgan fingerprint density at radius 3 is 2.80 bits per heavy atom. The largest absolute Gasteiger partial charge is 0.374 e. The van der Waals surface area contributed by atoms with E-state index in [1.54, 1.807) is 0 Å². The minimum atomic E-state index is -0.749. The van der Waals surface area contributed by atoms with Crippen LogP contribution in [0.25, 0.3) is 0 Å². The van der Waals surface area contributed by atoms with E-state index < -0.39 is 6.23 Å². The summed E-state index contributed by atoms with van der Waals surface area (Å²) < 4.78 is 0. The highest BCUT2D eigenvalue weighted by atomic mass is 16.3. The van der Waals surface area contributed by atoms with Crippen molar-refractivity contribution in [2.24, 2.45) is 0 Å². The zero-order valence-corrected chi connectivity index (χ0v) is 6.42. The second-order valence-corrected chi connectivity index (χ2v) is 2.18. The van der Waals surface area contributed by atoms with Crippen LogP contribution in [-0.4, -0.2) is 17.2 Å². The number of hydrogen-bond donors (Lipinski definition) is 2. The molecule has 0 bridgehead atoms. The smallest absolute Gasteiger partial charge is 0.225 e. The maximum Gasteiger partial charge on any atom is 0.225 e. The van der Waals surface area contributed by atoms with Gasteiger partial charge in [-0.05, 0) is 13.3 Å². The Morgan fingerprint density at radius 1 is 1.80 bits per heavy atom. The Kier molecular flexibility index (Phi) is 4.94. The summed E-state index contributed by atoms with van der Waals surface area (Å²) in [7, 11) is 0. The first-order valence-electron chi connectivity index (χ1n) is 3.48. The van der Waals surface area contributed by atoms with Gasteiger partial charge in [-0.25, -0.2) is 0 Å². The van der Waals surface area contributed by atoms with Crippen molar-refractivity contribution in [3.63, 3.8) is 0 Å². The number of aliphatic hydroxyl groups excluding tert-OH is 1. The van der Waals surface area contributed by atoms with E-state index in [9.17, 15) is 4.79 Å². The topological polar surface area (TPSA) is 49.3 Å². The van der Waals surface area contributed by atoms with Crippen LogP contribution in [0.1, 0.15) is 26.7 Å². The number of carbonyl (C=O) groups is 1. The van der Waals surface area contributed by atoms with Gasteiger partial charge >= 0.3 is 0 Å². The van der Waals surface area contributed by atoms with E-state index >= 15 is 0 Å². The Labute approximate surface area is 61.4 Å². The van der Waals surface area contributed by atoms with E-state index in [4.69, 9.17) is 5.11 Å². The zero-order chi connectivity index (χ0) is 7.98. The minimum absolute atomic E-state index is 0.197. The van der Waals surface area contributed by atoms with Gasteiger partial charge in [0.05, 0.1) is 0 Å². The first-order valence-corrected chi connectivity index (χ1v) is 3.48. The molecular weight excluding hydrogens is 130 g/mol. The predicted octanol–water partition coefficient (Wildman–Crippen LogP) is 0.445. The van der Waals surface area contributed by atoms with Crippen molar-refractivity contribution in [2.75, 3.05) is 0 Å². The van der Waals surface area contributed by atoms with Crippen LogP contribution in [0.4, 0.5) is 0 Å². The number of nitrogens with one attached hydrogen (secondary N) is 1. The summed E-state index contributed by atoms with van der Waals surface area (Å²) in [6.07, 6.45) is 2.50. The average Bonchev–Trinajstić information content (AvgIpc) is 1.82. The van der Waals surface area contributed by atoms with Crippen LogP contribution in [-0.2, 0) is 4.79 Å². The van der Waals surface area contributed by atoms with Crippen LogP contribution in [0.15, 0.2) is 0 Å². The third-order valence-electron chi connectivity index (χ3n) is 0.970. The highest BCUT2D eigenvalue weighted by Gasteiger charge is 2.01. The van der Waals surface area contributed by atoms with E-state index in [-0.39, 0.29) is 5.91 Å². The fourth-order valence-electron chi connectivity index (χ4n) is 0.540. The second kappa shape index (κ2) is 5.23. The lowest BCUT2D eigenvalue weighted by Crippen LogP contribution is -2.32. The Balaban J connectivity index is 3.26. The molecule has 0 rings (SSSR count). The number of unbranched alkanes of at least 4 members (excludes halogenated alkanes) is 1. The number of hydrogen-bond acceptors (Lipinski definition) is 2. The van der Waals surface area contributed by atoms with Crippen molar-refractivity contribution >= 4 is 5.91 Å². The zero-order valence-electron chi connectivity index (χ0n) is 6.42. The molecule has 1 unspecified atom stereocenters. The SMILES string of the molecule is CCC[CH]C(=O)NC(C)O. The highest BCUT2D eigenvalue weighted by Crippen LogP contribution is 1.91. The molecule has 1 amide bonds. The average molecular weight is 144 g/mol. The molecule has 0 spiro atoms. The second-order valence-electron chi connectivity index (χ2n) is 2.18. The fourth-order valence-corrected chi connectivity index (χ4v) is 0.540. The van der Waals surface area contributed by atoms with Crippen molar-refractivity contribution < 1.29 is 9.90 Å². The summed E-state index contributed by atoms with van der Waals surface area (Å²) >= 11 is 0. The van der Waals surface area contributed by atoms with Crippen LogP contribution in [0, 0.1) is 6.42 Å². The van der Waals surface area contributed by atoms with Crippen molar-refractivity contribution in [1.29, 1.82) is 0 Å². The van der Waals surface area contributed by atoms with Crippen LogP contribution in [0.3, 0.4) is 0 Å². The first kappa shape index (κ1) is 9.43. The third kappa shape index (κ3) is 5.56. The van der Waals surface area contributed by atoms with Gasteiger partial charge in [0.25, 0.3) is 0 Å². The van der Waals surface area contributed by atoms with Gasteiger partial charge in [0.15, 0.2) is 0 Å². The quantitative estimate of drug-likeness (QED) is 0.563. The van der Waals surface area contributed by atoms with Crippen LogP contribution >= 0.6 is 0 Å². The fraction of sp³-hybridized carbons (Fsp3) is 0.714. The van der Waals surface area contributed by atoms with Gasteiger partial charge in [-0.1, -0.05) is 13.3 Å². The van der Waals surface area contributed by atoms with Gasteiger partial charge in [-0.3, -0.25) is 4.79 Å². The third-order valence-corrected chi connectivity index (χ3v) is 0.970. The maximum atomic E-state index is 10.7. The summed E-state index contributed by atoms with van der Waals surface area (Å²) in [5.41, 5.74) is 0. The van der Waals surface area contributed by atoms with Gasteiger partial charge in [-0.15, -0.1) is 0 Å². The van der Waals surface area contributed by atoms with E-state index in [0.717, 1.165) is 12.8 Å². The molecule has 3 heteroatoms. The number of carbonyl (C=O) groups excluding carboxylic acids is 1. The van der Waals surface area contributed by atoms with Crippen molar-refractivity contribution in [1.82, 2.24) is 5.32 Å². The standard InChI is InChI=1S/C7H14NO2/c1-3-4-5-7(10)8-6(2)9/h5-6,9H,3-4H2,1-2H3,(H,8,10). The molecule has 0 aromatic rings. The van der Waals surface area contributed by atoms with Gasteiger partial charge in [0.2, 0.25) is 5.91 Å². The predicted molar refractivity (Wildman–Crippen MR) is 39.0 cm³/mol. The number of aliphatic hydroxyl groups is 1. The lowest BCUT2D eigenvalue weighted by molar-refractivity contribution is -0.120. The molecule has 0 aromatic carbocycles. The summed E-state index contributed by atoms with van der Waals surface area (Å²) in [5.74, 6) is -0.197. The number of rotatable bonds is 4. The van der Waals surface area contributed by atoms with Crippen molar-refractivity contribution in [3.8, 4) is 0 Å². The van der Waals surface area contributed by atoms with Crippen molar-refractivity contribution in [3.05, 3.63) is 6.42 Å². The van der Waals surface area contributed by atoms with E-state index in [0.29, 0.717) is 0 Å². The molecule has 0 aliphatic carbocycles. The van der Waals surface area contributed by atoms with Crippen LogP contribution in [0.5, 0.6) is 0 Å². The van der Waals surface area contributed by atoms with E-state index in [1.807, 2.05) is 6.92 Å². The molecule has 0 saturated heterocycles. The molecule has 0 saturated carbocycles. The molecular formula is C7H14NO2. The molecule has 1 atom stereocenters. The molecule has 0 heterocycles. The normalized spacial score (nSPS) is 12.7. The van der Waals surface area contributed by atoms with Crippen LogP contribution in [0.2, 0.25) is 0 Å². The molecule has 0 fully saturated rings. The lowest BCUT2D eigenvalue weighted by Gasteiger charge is -2.05. The van der Waals surface area contributed by atoms with Gasteiger partial charge in [-0.2, -0.15) is 0 Å². The lowest BCUT2D eigenvalue weighted by atomic mass is 10.2. The molecule has 10 heavy (non-hydrogen) atoms. The van der Waals surface area contributed by atoms with Gasteiger partial charge in [0.1, 0.15) is 6.23 Å². The summed E-state index contributed by atoms with van der Waals surface area (Å²) in [6.45, 7) is 3.50. The Morgan fingerprint density at radius 2 is 2.40 bits per heavy atom. The molecule has 3 nitrogen and oxygen atoms in total. The maximum absolute atomic E-state index is 10.7. The molecule has 0 aliphatic heterocycles. The monoisotopic (exact) mass is 144 g/mol. The highest BCUT2D eigenvalue weighted by molar-refractivity contribution is 5.84. The van der Waals surface area contributed by atoms with E-state index in [2.05, 4.69) is 5.32 Å². The summed E-state index contributed by atoms with van der Waals surface area (Å²) in [5, 5.41) is 11.0.